The van der Waals surface area contributed by atoms with Gasteiger partial charge in [0.15, 0.2) is 0 Å². The molecule has 0 fully saturated rings. The Balaban J connectivity index is 3.43. The van der Waals surface area contributed by atoms with Crippen LogP contribution in [-0.4, -0.2) is 35.0 Å². The molecule has 0 aliphatic heterocycles. The second kappa shape index (κ2) is 28.0. The van der Waals surface area contributed by atoms with Crippen molar-refractivity contribution in [3.8, 4) is 0 Å². The number of aliphatic hydroxyl groups excluding tert-OH is 2. The molecule has 2 atom stereocenters. The fourth-order valence-electron chi connectivity index (χ4n) is 4.68. The number of esters is 1. The van der Waals surface area contributed by atoms with Gasteiger partial charge in [0, 0.05) is 6.42 Å². The van der Waals surface area contributed by atoms with Crippen LogP contribution in [0.3, 0.4) is 0 Å². The molecule has 0 rings (SSSR count). The zero-order valence-electron chi connectivity index (χ0n) is 23.8. The first-order chi connectivity index (χ1) is 17.1. The fraction of sp³-hybridized carbons (Fsp3) is 0.968. The molecule has 0 aromatic carbocycles. The third-order valence-corrected chi connectivity index (χ3v) is 7.20. The van der Waals surface area contributed by atoms with Crippen molar-refractivity contribution < 1.29 is 19.7 Å². The van der Waals surface area contributed by atoms with Crippen LogP contribution in [0.4, 0.5) is 0 Å². The predicted octanol–water partition coefficient (Wildman–Crippen LogP) is 9.04. The molecule has 0 aromatic rings. The average Bonchev–Trinajstić information content (AvgIpc) is 2.86. The Labute approximate surface area is 219 Å². The number of aliphatic hydroxyl groups is 2. The molecule has 35 heavy (non-hydrogen) atoms. The molecule has 0 saturated heterocycles. The molecule has 4 heteroatoms. The number of ether oxygens (including phenoxy) is 1. The van der Waals surface area contributed by atoms with Crippen molar-refractivity contribution in [2.45, 2.75) is 187 Å². The van der Waals surface area contributed by atoms with Gasteiger partial charge in [0.2, 0.25) is 0 Å². The smallest absolute Gasteiger partial charge is 0.305 e. The van der Waals surface area contributed by atoms with Gasteiger partial charge in [-0.2, -0.15) is 0 Å². The van der Waals surface area contributed by atoms with Crippen LogP contribution in [0.2, 0.25) is 0 Å². The summed E-state index contributed by atoms with van der Waals surface area (Å²) in [5.41, 5.74) is 0. The molecule has 0 spiro atoms. The lowest BCUT2D eigenvalue weighted by molar-refractivity contribution is -0.149. The van der Waals surface area contributed by atoms with Gasteiger partial charge in [-0.1, -0.05) is 155 Å². The van der Waals surface area contributed by atoms with E-state index in [9.17, 15) is 15.0 Å². The highest BCUT2D eigenvalue weighted by Gasteiger charge is 2.17. The SMILES string of the molecule is CCCCCCCCCCCCCCC(O)C(O)COC(=O)CCCCCCCCCCCCC. The number of hydrogen-bond acceptors (Lipinski definition) is 4. The third kappa shape index (κ3) is 26.3. The highest BCUT2D eigenvalue weighted by molar-refractivity contribution is 5.69. The van der Waals surface area contributed by atoms with Crippen molar-refractivity contribution in [3.63, 3.8) is 0 Å². The predicted molar refractivity (Wildman–Crippen MR) is 150 cm³/mol. The maximum Gasteiger partial charge on any atom is 0.305 e. The van der Waals surface area contributed by atoms with Gasteiger partial charge in [-0.15, -0.1) is 0 Å². The van der Waals surface area contributed by atoms with Gasteiger partial charge >= 0.3 is 5.97 Å². The van der Waals surface area contributed by atoms with Crippen LogP contribution in [-0.2, 0) is 9.53 Å². The second-order valence-electron chi connectivity index (χ2n) is 10.8. The highest BCUT2D eigenvalue weighted by atomic mass is 16.5. The summed E-state index contributed by atoms with van der Waals surface area (Å²) < 4.78 is 5.18. The van der Waals surface area contributed by atoms with E-state index >= 15 is 0 Å². The van der Waals surface area contributed by atoms with Crippen LogP contribution in [0.5, 0.6) is 0 Å². The van der Waals surface area contributed by atoms with E-state index < -0.39 is 12.2 Å². The zero-order valence-corrected chi connectivity index (χ0v) is 23.8. The summed E-state index contributed by atoms with van der Waals surface area (Å²) in [5.74, 6) is -0.252. The monoisotopic (exact) mass is 498 g/mol. The van der Waals surface area contributed by atoms with Crippen molar-refractivity contribution in [1.82, 2.24) is 0 Å². The summed E-state index contributed by atoms with van der Waals surface area (Å²) >= 11 is 0. The largest absolute Gasteiger partial charge is 0.463 e. The molecule has 2 unspecified atom stereocenters. The molecule has 0 saturated carbocycles. The number of hydrogen-bond donors (Lipinski definition) is 2. The van der Waals surface area contributed by atoms with Crippen LogP contribution in [0, 0.1) is 0 Å². The molecule has 4 nitrogen and oxygen atoms in total. The van der Waals surface area contributed by atoms with Gasteiger partial charge in [-0.3, -0.25) is 4.79 Å². The molecule has 0 aliphatic rings. The molecule has 210 valence electrons. The minimum absolute atomic E-state index is 0.0870. The zero-order chi connectivity index (χ0) is 25.8. The van der Waals surface area contributed by atoms with E-state index in [1.807, 2.05) is 0 Å². The molecule has 0 aromatic heterocycles. The maximum atomic E-state index is 11.9. The van der Waals surface area contributed by atoms with Gasteiger partial charge in [0.1, 0.15) is 12.7 Å². The minimum atomic E-state index is -0.969. The number of carbonyl (C=O) groups excluding carboxylic acids is 1. The van der Waals surface area contributed by atoms with Gasteiger partial charge in [0.25, 0.3) is 0 Å². The second-order valence-corrected chi connectivity index (χ2v) is 10.8. The summed E-state index contributed by atoms with van der Waals surface area (Å²) in [4.78, 5) is 11.9. The Morgan fingerprint density at radius 2 is 0.857 bits per heavy atom. The first-order valence-electron chi connectivity index (χ1n) is 15.6. The van der Waals surface area contributed by atoms with E-state index in [1.165, 1.54) is 122 Å². The topological polar surface area (TPSA) is 66.8 Å². The van der Waals surface area contributed by atoms with E-state index in [2.05, 4.69) is 13.8 Å². The Hall–Kier alpha value is -0.610. The molecule has 0 radical (unpaired) electrons. The van der Waals surface area contributed by atoms with Crippen LogP contribution in [0.15, 0.2) is 0 Å². The number of unbranched alkanes of at least 4 members (excludes halogenated alkanes) is 21. The summed E-state index contributed by atoms with van der Waals surface area (Å²) in [6, 6.07) is 0. The Kier molecular flexibility index (Phi) is 27.5. The summed E-state index contributed by atoms with van der Waals surface area (Å²) in [6.07, 6.45) is 28.4. The van der Waals surface area contributed by atoms with Crippen molar-refractivity contribution in [3.05, 3.63) is 0 Å². The third-order valence-electron chi connectivity index (χ3n) is 7.20. The van der Waals surface area contributed by atoms with Crippen molar-refractivity contribution in [2.75, 3.05) is 6.61 Å². The Morgan fingerprint density at radius 1 is 0.514 bits per heavy atom. The van der Waals surface area contributed by atoms with Gasteiger partial charge in [-0.05, 0) is 12.8 Å². The number of carbonyl (C=O) groups is 1. The first-order valence-corrected chi connectivity index (χ1v) is 15.6. The van der Waals surface area contributed by atoms with E-state index in [4.69, 9.17) is 4.74 Å². The van der Waals surface area contributed by atoms with E-state index in [1.54, 1.807) is 0 Å². The summed E-state index contributed by atoms with van der Waals surface area (Å²) in [5, 5.41) is 20.2. The quantitative estimate of drug-likeness (QED) is 0.0834. The van der Waals surface area contributed by atoms with Crippen LogP contribution >= 0.6 is 0 Å². The molecular weight excluding hydrogens is 436 g/mol. The van der Waals surface area contributed by atoms with Crippen molar-refractivity contribution in [1.29, 1.82) is 0 Å². The van der Waals surface area contributed by atoms with E-state index in [-0.39, 0.29) is 12.6 Å². The van der Waals surface area contributed by atoms with Crippen LogP contribution in [0.1, 0.15) is 174 Å². The molecular formula is C31H62O4. The van der Waals surface area contributed by atoms with Gasteiger partial charge in [-0.25, -0.2) is 0 Å². The molecule has 0 amide bonds. The fourth-order valence-corrected chi connectivity index (χ4v) is 4.68. The maximum absolute atomic E-state index is 11.9. The van der Waals surface area contributed by atoms with Crippen LogP contribution in [0.25, 0.3) is 0 Å². The Morgan fingerprint density at radius 3 is 1.26 bits per heavy atom. The van der Waals surface area contributed by atoms with Crippen molar-refractivity contribution >= 4 is 5.97 Å². The number of rotatable bonds is 28. The molecule has 0 aliphatic carbocycles. The highest BCUT2D eigenvalue weighted by Crippen LogP contribution is 2.15. The van der Waals surface area contributed by atoms with Gasteiger partial charge in [0.05, 0.1) is 6.10 Å². The minimum Gasteiger partial charge on any atom is -0.463 e. The Bertz CT molecular complexity index is 426. The summed E-state index contributed by atoms with van der Waals surface area (Å²) in [6.45, 7) is 4.42. The lowest BCUT2D eigenvalue weighted by atomic mass is 10.0. The summed E-state index contributed by atoms with van der Waals surface area (Å²) in [7, 11) is 0. The lowest BCUT2D eigenvalue weighted by Gasteiger charge is -2.17. The first kappa shape index (κ1) is 34.4. The molecule has 0 heterocycles. The standard InChI is InChI=1S/C31H62O4/c1-3-5-7-9-11-13-15-17-18-20-22-24-26-29(32)30(33)28-35-31(34)27-25-23-21-19-16-14-12-10-8-6-4-2/h29-30,32-33H,3-28H2,1-2H3. The lowest BCUT2D eigenvalue weighted by Crippen LogP contribution is -2.31. The normalized spacial score (nSPS) is 13.1. The van der Waals surface area contributed by atoms with E-state index in [0.717, 1.165) is 25.7 Å². The van der Waals surface area contributed by atoms with Crippen molar-refractivity contribution in [2.24, 2.45) is 0 Å². The molecule has 2 N–H and O–H groups in total. The van der Waals surface area contributed by atoms with Gasteiger partial charge < -0.3 is 14.9 Å². The average molecular weight is 499 g/mol. The van der Waals surface area contributed by atoms with Crippen LogP contribution < -0.4 is 0 Å². The molecule has 0 bridgehead atoms. The van der Waals surface area contributed by atoms with E-state index in [0.29, 0.717) is 12.8 Å².